The third kappa shape index (κ3) is 9.16. The largest absolute Gasteiger partial charge is 0.491 e. The highest BCUT2D eigenvalue weighted by atomic mass is 16.5. The summed E-state index contributed by atoms with van der Waals surface area (Å²) in [5.41, 5.74) is 0.255. The van der Waals surface area contributed by atoms with Crippen molar-refractivity contribution in [3.8, 4) is 5.75 Å². The lowest BCUT2D eigenvalue weighted by atomic mass is 9.99. The first kappa shape index (κ1) is 32.3. The molecule has 228 valence electrons. The van der Waals surface area contributed by atoms with Crippen molar-refractivity contribution in [2.24, 2.45) is 11.8 Å². The predicted molar refractivity (Wildman–Crippen MR) is 155 cm³/mol. The van der Waals surface area contributed by atoms with Crippen LogP contribution >= 0.6 is 0 Å². The van der Waals surface area contributed by atoms with Crippen molar-refractivity contribution < 1.29 is 29.0 Å². The van der Waals surface area contributed by atoms with Crippen LogP contribution in [0, 0.1) is 11.8 Å². The van der Waals surface area contributed by atoms with Crippen molar-refractivity contribution in [2.45, 2.75) is 65.1 Å². The second-order valence-electron chi connectivity index (χ2n) is 11.9. The second kappa shape index (κ2) is 15.2. The number of piperazine rings is 1. The molecule has 1 aromatic rings. The van der Waals surface area contributed by atoms with Gasteiger partial charge in [0.15, 0.2) is 0 Å². The lowest BCUT2D eigenvalue weighted by Gasteiger charge is -2.36. The summed E-state index contributed by atoms with van der Waals surface area (Å²) in [4.78, 5) is 59.6. The number of fused-ring (bicyclic) bond motifs is 1. The first-order valence-electron chi connectivity index (χ1n) is 14.7. The second-order valence-corrected chi connectivity index (χ2v) is 11.9. The van der Waals surface area contributed by atoms with Gasteiger partial charge in [-0.15, -0.1) is 0 Å². The molecule has 11 nitrogen and oxygen atoms in total. The molecule has 0 aromatic heterocycles. The van der Waals surface area contributed by atoms with Crippen LogP contribution in [0.3, 0.4) is 0 Å². The lowest BCUT2D eigenvalue weighted by Crippen LogP contribution is -2.57. The molecule has 3 rings (SSSR count). The molecule has 2 aliphatic rings. The minimum atomic E-state index is -1.12. The van der Waals surface area contributed by atoms with Gasteiger partial charge in [-0.2, -0.15) is 0 Å². The van der Waals surface area contributed by atoms with E-state index in [9.17, 15) is 24.3 Å². The van der Waals surface area contributed by atoms with E-state index in [0.717, 1.165) is 0 Å². The number of β-amino-alcohol motifs (C(OH)–C–C–N with tert-alkyl or cyclic N) is 1. The Kier molecular flexibility index (Phi) is 12.0. The third-order valence-corrected chi connectivity index (χ3v) is 7.64. The number of ether oxygens (including phenoxy) is 1. The van der Waals surface area contributed by atoms with Gasteiger partial charge in [-0.3, -0.25) is 24.1 Å². The standard InChI is InChI=1S/C30H47N5O6/c1-20(2)16-22-19-41-26-9-7-6-8-23(26)28(38)32-25(30(40)35-12-10-34(11-13-35)14-15-36)18-27(37)31-24(17-21(3)4)29(39)33(22)5/h6-9,20-22,24-25,36H,10-19H2,1-5H3,(H,31,37)(H,32,38)/t22-,24+,25-/m0/s1. The number of benzene rings is 1. The first-order chi connectivity index (χ1) is 19.5. The molecule has 1 fully saturated rings. The molecule has 2 aliphatic heterocycles. The molecular weight excluding hydrogens is 526 g/mol. The maximum Gasteiger partial charge on any atom is 0.255 e. The molecule has 0 aliphatic carbocycles. The van der Waals surface area contributed by atoms with Gasteiger partial charge in [0.05, 0.1) is 24.6 Å². The van der Waals surface area contributed by atoms with Gasteiger partial charge in [-0.1, -0.05) is 39.8 Å². The van der Waals surface area contributed by atoms with Crippen LogP contribution in [0.2, 0.25) is 0 Å². The fourth-order valence-electron chi connectivity index (χ4n) is 5.40. The molecule has 1 aromatic carbocycles. The van der Waals surface area contributed by atoms with Crippen molar-refractivity contribution in [3.63, 3.8) is 0 Å². The molecule has 11 heteroatoms. The van der Waals surface area contributed by atoms with Crippen LogP contribution in [0.4, 0.5) is 0 Å². The number of nitrogens with zero attached hydrogens (tertiary/aromatic N) is 3. The molecule has 2 heterocycles. The minimum absolute atomic E-state index is 0.0396. The monoisotopic (exact) mass is 573 g/mol. The Morgan fingerprint density at radius 2 is 1.66 bits per heavy atom. The van der Waals surface area contributed by atoms with Crippen molar-refractivity contribution in [1.82, 2.24) is 25.3 Å². The molecular formula is C30H47N5O6. The smallest absolute Gasteiger partial charge is 0.255 e. The number of para-hydroxylation sites is 1. The SMILES string of the molecule is CC(C)C[C@H]1COc2ccccc2C(=O)N[C@H](C(=O)N2CCN(CCO)CC2)CC(=O)N[C@H](CC(C)C)C(=O)N1C. The first-order valence-corrected chi connectivity index (χ1v) is 14.7. The third-order valence-electron chi connectivity index (χ3n) is 7.64. The van der Waals surface area contributed by atoms with E-state index >= 15 is 0 Å². The molecule has 3 N–H and O–H groups in total. The number of aliphatic hydroxyl groups is 1. The zero-order chi connectivity index (χ0) is 30.1. The molecule has 41 heavy (non-hydrogen) atoms. The average molecular weight is 574 g/mol. The summed E-state index contributed by atoms with van der Waals surface area (Å²) in [6.07, 6.45) is 0.817. The van der Waals surface area contributed by atoms with Crippen LogP contribution in [0.1, 0.15) is 57.3 Å². The Morgan fingerprint density at radius 3 is 2.29 bits per heavy atom. The van der Waals surface area contributed by atoms with E-state index in [1.54, 1.807) is 41.1 Å². The summed E-state index contributed by atoms with van der Waals surface area (Å²) < 4.78 is 6.16. The number of amides is 4. The number of nitrogens with one attached hydrogen (secondary N) is 2. The molecule has 0 bridgehead atoms. The van der Waals surface area contributed by atoms with Crippen molar-refractivity contribution in [1.29, 1.82) is 0 Å². The van der Waals surface area contributed by atoms with Crippen LogP contribution in [0.25, 0.3) is 0 Å². The molecule has 4 amide bonds. The van der Waals surface area contributed by atoms with Crippen LogP contribution < -0.4 is 15.4 Å². The molecule has 0 spiro atoms. The maximum absolute atomic E-state index is 13.7. The molecule has 1 saturated heterocycles. The zero-order valence-electron chi connectivity index (χ0n) is 25.1. The Balaban J connectivity index is 1.94. The predicted octanol–water partition coefficient (Wildman–Crippen LogP) is 1.11. The Morgan fingerprint density at radius 1 is 1.00 bits per heavy atom. The van der Waals surface area contributed by atoms with E-state index < -0.39 is 23.9 Å². The Hall–Kier alpha value is -3.18. The van der Waals surface area contributed by atoms with Gasteiger partial charge < -0.3 is 30.3 Å². The quantitative estimate of drug-likeness (QED) is 0.445. The maximum atomic E-state index is 13.7. The fraction of sp³-hybridized carbons (Fsp3) is 0.667. The van der Waals surface area contributed by atoms with Crippen molar-refractivity contribution in [2.75, 3.05) is 53.0 Å². The van der Waals surface area contributed by atoms with E-state index in [0.29, 0.717) is 51.3 Å². The van der Waals surface area contributed by atoms with Crippen LogP contribution in [0.5, 0.6) is 5.75 Å². The highest BCUT2D eigenvalue weighted by molar-refractivity contribution is 6.01. The minimum Gasteiger partial charge on any atom is -0.491 e. The normalized spacial score (nSPS) is 23.5. The number of rotatable bonds is 7. The van der Waals surface area contributed by atoms with Gasteiger partial charge >= 0.3 is 0 Å². The van der Waals surface area contributed by atoms with E-state index in [1.807, 2.05) is 13.8 Å². The van der Waals surface area contributed by atoms with Gasteiger partial charge in [0, 0.05) is 39.8 Å². The van der Waals surface area contributed by atoms with E-state index in [-0.39, 0.29) is 54.9 Å². The summed E-state index contributed by atoms with van der Waals surface area (Å²) in [5, 5.41) is 14.9. The Labute approximate surface area is 243 Å². The van der Waals surface area contributed by atoms with E-state index in [4.69, 9.17) is 4.74 Å². The number of aliphatic hydroxyl groups excluding tert-OH is 1. The highest BCUT2D eigenvalue weighted by Gasteiger charge is 2.34. The number of likely N-dealkylation sites (N-methyl/N-ethyl adjacent to an activating group) is 1. The lowest BCUT2D eigenvalue weighted by molar-refractivity contribution is -0.140. The van der Waals surface area contributed by atoms with Crippen LogP contribution in [0.15, 0.2) is 24.3 Å². The van der Waals surface area contributed by atoms with Gasteiger partial charge in [-0.05, 0) is 36.8 Å². The van der Waals surface area contributed by atoms with Gasteiger partial charge in [-0.25, -0.2) is 0 Å². The summed E-state index contributed by atoms with van der Waals surface area (Å²) in [6.45, 7) is 10.9. The topological polar surface area (TPSA) is 132 Å². The molecule has 0 saturated carbocycles. The van der Waals surface area contributed by atoms with Crippen molar-refractivity contribution in [3.05, 3.63) is 29.8 Å². The fourth-order valence-corrected chi connectivity index (χ4v) is 5.40. The number of hydrogen-bond donors (Lipinski definition) is 3. The van der Waals surface area contributed by atoms with Crippen LogP contribution in [-0.4, -0.2) is 115 Å². The summed E-state index contributed by atoms with van der Waals surface area (Å²) in [7, 11) is 1.73. The zero-order valence-corrected chi connectivity index (χ0v) is 25.1. The molecule has 3 atom stereocenters. The number of hydrogen-bond acceptors (Lipinski definition) is 7. The van der Waals surface area contributed by atoms with Crippen LogP contribution in [-0.2, 0) is 14.4 Å². The van der Waals surface area contributed by atoms with Gasteiger partial charge in [0.1, 0.15) is 24.4 Å². The van der Waals surface area contributed by atoms with Gasteiger partial charge in [0.25, 0.3) is 5.91 Å². The highest BCUT2D eigenvalue weighted by Crippen LogP contribution is 2.22. The average Bonchev–Trinajstić information content (AvgIpc) is 2.93. The van der Waals surface area contributed by atoms with E-state index in [2.05, 4.69) is 29.4 Å². The van der Waals surface area contributed by atoms with E-state index in [1.165, 1.54) is 0 Å². The Bertz CT molecular complexity index is 1060. The summed E-state index contributed by atoms with van der Waals surface area (Å²) in [5.74, 6) is -0.781. The van der Waals surface area contributed by atoms with Crippen molar-refractivity contribution >= 4 is 23.6 Å². The number of carbonyl (C=O) groups is 4. The summed E-state index contributed by atoms with van der Waals surface area (Å²) in [6, 6.07) is 4.63. The summed E-state index contributed by atoms with van der Waals surface area (Å²) >= 11 is 0. The molecule has 0 radical (unpaired) electrons. The number of carbonyl (C=O) groups excluding carboxylic acids is 4. The molecule has 0 unspecified atom stereocenters. The van der Waals surface area contributed by atoms with Gasteiger partial charge in [0.2, 0.25) is 17.7 Å².